The molecule has 1 saturated carbocycles. The zero-order valence-corrected chi connectivity index (χ0v) is 20.7. The highest BCUT2D eigenvalue weighted by Gasteiger charge is 2.34. The van der Waals surface area contributed by atoms with Crippen molar-refractivity contribution in [2.24, 2.45) is 0 Å². The van der Waals surface area contributed by atoms with E-state index in [1.165, 1.54) is 6.07 Å². The molecule has 1 aliphatic carbocycles. The van der Waals surface area contributed by atoms with Crippen molar-refractivity contribution < 1.29 is 17.9 Å². The van der Waals surface area contributed by atoms with Crippen LogP contribution in [0.4, 0.5) is 13.2 Å². The number of aryl methyl sites for hydroxylation is 2. The number of nitrogens with zero attached hydrogens (tertiary/aromatic N) is 7. The van der Waals surface area contributed by atoms with Gasteiger partial charge in [-0.1, -0.05) is 0 Å². The molecule has 0 spiro atoms. The molecule has 3 atom stereocenters. The van der Waals surface area contributed by atoms with E-state index in [1.807, 2.05) is 31.6 Å². The topological polar surface area (TPSA) is 91.5 Å². The van der Waals surface area contributed by atoms with Gasteiger partial charge in [0.25, 0.3) is 0 Å². The highest BCUT2D eigenvalue weighted by molar-refractivity contribution is 5.85. The minimum atomic E-state index is -4.47. The molecule has 0 aromatic carbocycles. The summed E-state index contributed by atoms with van der Waals surface area (Å²) in [4.78, 5) is 23.0. The summed E-state index contributed by atoms with van der Waals surface area (Å²) >= 11 is 0. The molecule has 1 aliphatic heterocycles. The Morgan fingerprint density at radius 3 is 2.46 bits per heavy atom. The predicted octanol–water partition coefficient (Wildman–Crippen LogP) is 5.67. The molecular formula is C26H26F3N7O. The van der Waals surface area contributed by atoms with Crippen LogP contribution in [-0.4, -0.2) is 40.8 Å². The highest BCUT2D eigenvalue weighted by Crippen LogP contribution is 2.41. The third-order valence-corrected chi connectivity index (χ3v) is 7.08. The lowest BCUT2D eigenvalue weighted by molar-refractivity contribution is -0.137. The first-order valence-corrected chi connectivity index (χ1v) is 12.4. The van der Waals surface area contributed by atoms with Gasteiger partial charge in [0.2, 0.25) is 0 Å². The maximum absolute atomic E-state index is 13.1. The lowest BCUT2D eigenvalue weighted by atomic mass is 9.89. The second kappa shape index (κ2) is 8.83. The molecule has 4 aromatic rings. The van der Waals surface area contributed by atoms with E-state index >= 15 is 0 Å². The summed E-state index contributed by atoms with van der Waals surface area (Å²) in [5.74, 6) is 0.524. The Morgan fingerprint density at radius 2 is 1.76 bits per heavy atom. The first kappa shape index (κ1) is 23.9. The Balaban J connectivity index is 1.40. The number of ether oxygens (including phenoxy) is 1. The van der Waals surface area contributed by atoms with Gasteiger partial charge in [-0.2, -0.15) is 18.3 Å². The van der Waals surface area contributed by atoms with Crippen molar-refractivity contribution >= 4 is 11.2 Å². The van der Waals surface area contributed by atoms with Crippen molar-refractivity contribution in [1.82, 2.24) is 34.7 Å². The van der Waals surface area contributed by atoms with E-state index in [4.69, 9.17) is 14.7 Å². The molecule has 0 unspecified atom stereocenters. The van der Waals surface area contributed by atoms with Gasteiger partial charge in [0.15, 0.2) is 5.65 Å². The number of fused-ring (bicyclic) bond motifs is 1. The minimum Gasteiger partial charge on any atom is -0.370 e. The quantitative estimate of drug-likeness (QED) is 0.350. The average molecular weight is 510 g/mol. The van der Waals surface area contributed by atoms with Crippen molar-refractivity contribution in [3.8, 4) is 11.4 Å². The molecule has 0 N–H and O–H groups in total. The summed E-state index contributed by atoms with van der Waals surface area (Å²) in [6.45, 7) is 5.70. The zero-order valence-electron chi connectivity index (χ0n) is 20.7. The summed E-state index contributed by atoms with van der Waals surface area (Å²) < 4.78 is 47.7. The molecule has 4 aromatic heterocycles. The fraction of sp³-hybridized carbons (Fsp3) is 0.462. The van der Waals surface area contributed by atoms with Gasteiger partial charge in [0.1, 0.15) is 17.0 Å². The number of hydrogen-bond acceptors (Lipinski definition) is 7. The Kier molecular flexibility index (Phi) is 5.70. The van der Waals surface area contributed by atoms with Crippen LogP contribution in [0, 0.1) is 13.8 Å². The lowest BCUT2D eigenvalue weighted by Crippen LogP contribution is -2.26. The number of pyridine rings is 1. The first-order valence-electron chi connectivity index (χ1n) is 12.4. The number of hydrogen-bond donors (Lipinski definition) is 0. The summed E-state index contributed by atoms with van der Waals surface area (Å²) in [5, 5.41) is 4.51. The summed E-state index contributed by atoms with van der Waals surface area (Å²) in [7, 11) is 0. The van der Waals surface area contributed by atoms with Gasteiger partial charge < -0.3 is 4.74 Å². The largest absolute Gasteiger partial charge is 0.417 e. The van der Waals surface area contributed by atoms with Crippen LogP contribution < -0.4 is 0 Å². The minimum absolute atomic E-state index is 0.0363. The Hall–Kier alpha value is -3.47. The van der Waals surface area contributed by atoms with E-state index in [0.29, 0.717) is 53.0 Å². The van der Waals surface area contributed by atoms with Crippen LogP contribution in [0.25, 0.3) is 22.6 Å². The number of rotatable bonds is 4. The molecule has 0 amide bonds. The molecule has 0 radical (unpaired) electrons. The second-order valence-corrected chi connectivity index (χ2v) is 10.0. The standard InChI is InChI=1S/C26H26F3N7O/c1-13-8-16(9-21(37-13)17-10-31-36(12-17)19-5-6-19)24-34-22(20-7-4-18(11-30-20)26(27,28)29)23-25(35-24)33-15(3)14(2)32-23/h4,7,10-13,16,19,21H,5-6,8-9H2,1-3H3/t13-,16-,21-/m1/s1. The maximum atomic E-state index is 13.1. The van der Waals surface area contributed by atoms with Crippen molar-refractivity contribution in [3.63, 3.8) is 0 Å². The normalized spacial score (nSPS) is 22.5. The van der Waals surface area contributed by atoms with Crippen LogP contribution in [0.15, 0.2) is 30.7 Å². The van der Waals surface area contributed by atoms with E-state index in [-0.39, 0.29) is 18.1 Å². The van der Waals surface area contributed by atoms with E-state index in [0.717, 1.165) is 36.4 Å². The van der Waals surface area contributed by atoms with Gasteiger partial charge in [0, 0.05) is 23.9 Å². The molecule has 11 heteroatoms. The smallest absolute Gasteiger partial charge is 0.370 e. The fourth-order valence-corrected chi connectivity index (χ4v) is 4.82. The third-order valence-electron chi connectivity index (χ3n) is 7.08. The Bertz CT molecular complexity index is 1460. The molecule has 192 valence electrons. The second-order valence-electron chi connectivity index (χ2n) is 10.0. The zero-order chi connectivity index (χ0) is 25.9. The summed E-state index contributed by atoms with van der Waals surface area (Å²) in [5.41, 5.74) is 3.13. The van der Waals surface area contributed by atoms with Gasteiger partial charge in [-0.15, -0.1) is 0 Å². The first-order chi connectivity index (χ1) is 17.7. The average Bonchev–Trinajstić information content (AvgIpc) is 3.59. The van der Waals surface area contributed by atoms with E-state index < -0.39 is 11.7 Å². The maximum Gasteiger partial charge on any atom is 0.417 e. The number of alkyl halides is 3. The Labute approximate surface area is 211 Å². The van der Waals surface area contributed by atoms with Crippen LogP contribution in [0.2, 0.25) is 0 Å². The van der Waals surface area contributed by atoms with Crippen LogP contribution in [0.5, 0.6) is 0 Å². The molecule has 6 rings (SSSR count). The number of aromatic nitrogens is 7. The molecule has 37 heavy (non-hydrogen) atoms. The third kappa shape index (κ3) is 4.68. The molecule has 0 bridgehead atoms. The van der Waals surface area contributed by atoms with Crippen LogP contribution in [0.1, 0.15) is 79.0 Å². The highest BCUT2D eigenvalue weighted by atomic mass is 19.4. The molecule has 2 fully saturated rings. The van der Waals surface area contributed by atoms with E-state index in [2.05, 4.69) is 26.2 Å². The lowest BCUT2D eigenvalue weighted by Gasteiger charge is -2.33. The number of halogens is 3. The van der Waals surface area contributed by atoms with E-state index in [1.54, 1.807) is 0 Å². The van der Waals surface area contributed by atoms with Crippen LogP contribution >= 0.6 is 0 Å². The molecule has 1 saturated heterocycles. The molecular weight excluding hydrogens is 483 g/mol. The predicted molar refractivity (Wildman–Crippen MR) is 129 cm³/mol. The monoisotopic (exact) mass is 509 g/mol. The van der Waals surface area contributed by atoms with Gasteiger partial charge >= 0.3 is 6.18 Å². The summed E-state index contributed by atoms with van der Waals surface area (Å²) in [6, 6.07) is 2.82. The molecule has 8 nitrogen and oxygen atoms in total. The van der Waals surface area contributed by atoms with Crippen LogP contribution in [-0.2, 0) is 10.9 Å². The van der Waals surface area contributed by atoms with E-state index in [9.17, 15) is 13.2 Å². The van der Waals surface area contributed by atoms with Gasteiger partial charge in [-0.05, 0) is 58.6 Å². The van der Waals surface area contributed by atoms with Crippen molar-refractivity contribution in [1.29, 1.82) is 0 Å². The van der Waals surface area contributed by atoms with Crippen molar-refractivity contribution in [3.05, 3.63) is 59.1 Å². The fourth-order valence-electron chi connectivity index (χ4n) is 4.82. The van der Waals surface area contributed by atoms with Crippen molar-refractivity contribution in [2.75, 3.05) is 0 Å². The van der Waals surface area contributed by atoms with Gasteiger partial charge in [-0.25, -0.2) is 19.9 Å². The summed E-state index contributed by atoms with van der Waals surface area (Å²) in [6.07, 6.45) is 3.75. The van der Waals surface area contributed by atoms with Crippen molar-refractivity contribution in [2.45, 2.75) is 76.8 Å². The van der Waals surface area contributed by atoms with Gasteiger partial charge in [-0.3, -0.25) is 9.67 Å². The molecule has 5 heterocycles. The molecule has 2 aliphatic rings. The van der Waals surface area contributed by atoms with Gasteiger partial charge in [0.05, 0.1) is 47.1 Å². The Morgan fingerprint density at radius 1 is 0.973 bits per heavy atom. The van der Waals surface area contributed by atoms with Crippen LogP contribution in [0.3, 0.4) is 0 Å². The SMILES string of the molecule is Cc1nc2nc([C@@H]3C[C@@H](C)O[C@@H](c4cnn(C5CC5)c4)C3)nc(-c3ccc(C(F)(F)F)cn3)c2nc1C.